The maximum absolute atomic E-state index is 14.0. The van der Waals surface area contributed by atoms with Gasteiger partial charge in [0.05, 0.1) is 26.2 Å². The molecule has 0 aromatic heterocycles. The molecule has 0 radical (unpaired) electrons. The number of hydrogen-bond donors (Lipinski definition) is 1. The molecule has 4 aromatic rings. The zero-order chi connectivity index (χ0) is 25.9. The number of ether oxygens (including phenoxy) is 2. The number of carbonyl (C=O) groups is 2. The number of halogens is 1. The Labute approximate surface area is 220 Å². The number of fused-ring (bicyclic) bond motifs is 1. The third-order valence-corrected chi connectivity index (χ3v) is 6.76. The summed E-state index contributed by atoms with van der Waals surface area (Å²) in [5.41, 5.74) is 3.18. The van der Waals surface area contributed by atoms with E-state index in [0.29, 0.717) is 39.0 Å². The van der Waals surface area contributed by atoms with E-state index in [-0.39, 0.29) is 11.8 Å². The number of nitrogens with zero attached hydrogens (tertiary/aromatic N) is 1. The maximum Gasteiger partial charge on any atom is 0.259 e. The van der Waals surface area contributed by atoms with Gasteiger partial charge in [0.1, 0.15) is 11.5 Å². The van der Waals surface area contributed by atoms with E-state index in [1.54, 1.807) is 61.6 Å². The SMILES string of the molecule is COc1ccc(C2C(C(=O)Nc3cccc(Cl)c3)c3ccccc3C(=O)N2c2ccc(OC)cc2)cc1. The van der Waals surface area contributed by atoms with Crippen molar-refractivity contribution in [2.24, 2.45) is 0 Å². The van der Waals surface area contributed by atoms with Crippen molar-refractivity contribution in [1.29, 1.82) is 0 Å². The summed E-state index contributed by atoms with van der Waals surface area (Å²) >= 11 is 6.17. The van der Waals surface area contributed by atoms with Gasteiger partial charge in [-0.1, -0.05) is 48.0 Å². The molecule has 5 rings (SSSR count). The smallest absolute Gasteiger partial charge is 0.259 e. The van der Waals surface area contributed by atoms with E-state index < -0.39 is 12.0 Å². The molecule has 0 saturated carbocycles. The van der Waals surface area contributed by atoms with E-state index in [9.17, 15) is 9.59 Å². The fourth-order valence-corrected chi connectivity index (χ4v) is 4.96. The standard InChI is InChI=1S/C30H25ClN2O4/c1-36-23-14-10-19(11-15-23)28-27(29(34)32-21-7-5-6-20(31)18-21)25-8-3-4-9-26(25)30(35)33(28)22-12-16-24(37-2)17-13-22/h3-18,27-28H,1-2H3,(H,32,34). The lowest BCUT2D eigenvalue weighted by Crippen LogP contribution is -2.46. The molecular weight excluding hydrogens is 488 g/mol. The van der Waals surface area contributed by atoms with Crippen molar-refractivity contribution < 1.29 is 19.1 Å². The predicted molar refractivity (Wildman–Crippen MR) is 145 cm³/mol. The Morgan fingerprint density at radius 1 is 0.838 bits per heavy atom. The average Bonchev–Trinajstić information content (AvgIpc) is 2.93. The van der Waals surface area contributed by atoms with Crippen LogP contribution in [-0.2, 0) is 4.79 Å². The first kappa shape index (κ1) is 24.4. The molecule has 7 heteroatoms. The first-order chi connectivity index (χ1) is 18.0. The minimum atomic E-state index is -0.705. The number of benzene rings is 4. The summed E-state index contributed by atoms with van der Waals surface area (Å²) in [6.45, 7) is 0. The molecule has 2 amide bonds. The lowest BCUT2D eigenvalue weighted by molar-refractivity contribution is -0.118. The fraction of sp³-hybridized carbons (Fsp3) is 0.133. The number of carbonyl (C=O) groups excluding carboxylic acids is 2. The van der Waals surface area contributed by atoms with Crippen LogP contribution >= 0.6 is 11.6 Å². The average molecular weight is 513 g/mol. The summed E-state index contributed by atoms with van der Waals surface area (Å²) in [6.07, 6.45) is 0. The molecule has 186 valence electrons. The predicted octanol–water partition coefficient (Wildman–Crippen LogP) is 6.48. The molecule has 1 aliphatic rings. The van der Waals surface area contributed by atoms with Crippen molar-refractivity contribution in [2.75, 3.05) is 24.4 Å². The summed E-state index contributed by atoms with van der Waals surface area (Å²) in [5.74, 6) is 0.213. The minimum absolute atomic E-state index is 0.187. The van der Waals surface area contributed by atoms with Gasteiger partial charge in [0.25, 0.3) is 5.91 Å². The molecule has 1 heterocycles. The maximum atomic E-state index is 14.0. The van der Waals surface area contributed by atoms with Gasteiger partial charge in [-0.3, -0.25) is 14.5 Å². The van der Waals surface area contributed by atoms with E-state index in [0.717, 1.165) is 5.56 Å². The van der Waals surface area contributed by atoms with Crippen LogP contribution in [0.25, 0.3) is 0 Å². The Morgan fingerprint density at radius 2 is 1.49 bits per heavy atom. The number of nitrogens with one attached hydrogen (secondary N) is 1. The number of rotatable bonds is 6. The first-order valence-corrected chi connectivity index (χ1v) is 12.1. The van der Waals surface area contributed by atoms with Crippen LogP contribution in [0, 0.1) is 0 Å². The normalized spacial score (nSPS) is 16.6. The third kappa shape index (κ3) is 4.76. The molecule has 0 fully saturated rings. The highest BCUT2D eigenvalue weighted by Gasteiger charge is 2.45. The number of amides is 2. The second-order valence-electron chi connectivity index (χ2n) is 8.66. The molecule has 0 saturated heterocycles. The topological polar surface area (TPSA) is 67.9 Å². The Hall–Kier alpha value is -4.29. The van der Waals surface area contributed by atoms with Crippen molar-refractivity contribution in [3.63, 3.8) is 0 Å². The first-order valence-electron chi connectivity index (χ1n) is 11.8. The van der Waals surface area contributed by atoms with Crippen LogP contribution in [0.5, 0.6) is 11.5 Å². The fourth-order valence-electron chi connectivity index (χ4n) is 4.77. The summed E-state index contributed by atoms with van der Waals surface area (Å²) in [4.78, 5) is 29.7. The lowest BCUT2D eigenvalue weighted by atomic mass is 9.78. The van der Waals surface area contributed by atoms with Crippen LogP contribution in [0.15, 0.2) is 97.1 Å². The number of hydrogen-bond acceptors (Lipinski definition) is 4. The summed E-state index contributed by atoms with van der Waals surface area (Å²) in [7, 11) is 3.19. The molecule has 0 aliphatic carbocycles. The van der Waals surface area contributed by atoms with E-state index in [1.165, 1.54) is 0 Å². The van der Waals surface area contributed by atoms with Crippen molar-refractivity contribution in [3.8, 4) is 11.5 Å². The van der Waals surface area contributed by atoms with E-state index in [4.69, 9.17) is 21.1 Å². The van der Waals surface area contributed by atoms with Crippen LogP contribution in [0.3, 0.4) is 0 Å². The van der Waals surface area contributed by atoms with Gasteiger partial charge in [0.2, 0.25) is 5.91 Å². The van der Waals surface area contributed by atoms with Crippen molar-refractivity contribution >= 4 is 34.8 Å². The zero-order valence-corrected chi connectivity index (χ0v) is 21.1. The van der Waals surface area contributed by atoms with Crippen LogP contribution in [0.1, 0.15) is 33.4 Å². The molecule has 1 N–H and O–H groups in total. The van der Waals surface area contributed by atoms with E-state index in [2.05, 4.69) is 5.32 Å². The van der Waals surface area contributed by atoms with E-state index in [1.807, 2.05) is 54.6 Å². The number of methoxy groups -OCH3 is 2. The van der Waals surface area contributed by atoms with Gasteiger partial charge in [-0.2, -0.15) is 0 Å². The molecule has 6 nitrogen and oxygen atoms in total. The Kier molecular flexibility index (Phi) is 6.84. The molecular formula is C30H25ClN2O4. The molecule has 2 atom stereocenters. The largest absolute Gasteiger partial charge is 0.497 e. The van der Waals surface area contributed by atoms with Crippen molar-refractivity contribution in [3.05, 3.63) is 119 Å². The van der Waals surface area contributed by atoms with Gasteiger partial charge in [0, 0.05) is 22.0 Å². The van der Waals surface area contributed by atoms with E-state index >= 15 is 0 Å². The Bertz CT molecular complexity index is 1440. The molecule has 4 aromatic carbocycles. The van der Waals surface area contributed by atoms with Crippen LogP contribution in [-0.4, -0.2) is 26.0 Å². The minimum Gasteiger partial charge on any atom is -0.497 e. The van der Waals surface area contributed by atoms with Crippen LogP contribution in [0.4, 0.5) is 11.4 Å². The van der Waals surface area contributed by atoms with Crippen molar-refractivity contribution in [2.45, 2.75) is 12.0 Å². The summed E-state index contributed by atoms with van der Waals surface area (Å²) in [5, 5.41) is 3.53. The van der Waals surface area contributed by atoms with Gasteiger partial charge in [-0.25, -0.2) is 0 Å². The molecule has 37 heavy (non-hydrogen) atoms. The Balaban J connectivity index is 1.68. The van der Waals surface area contributed by atoms with Crippen LogP contribution < -0.4 is 19.7 Å². The van der Waals surface area contributed by atoms with Gasteiger partial charge in [0.15, 0.2) is 0 Å². The lowest BCUT2D eigenvalue weighted by Gasteiger charge is -2.42. The van der Waals surface area contributed by atoms with Gasteiger partial charge < -0.3 is 14.8 Å². The quantitative estimate of drug-likeness (QED) is 0.321. The third-order valence-electron chi connectivity index (χ3n) is 6.52. The molecule has 1 aliphatic heterocycles. The highest BCUT2D eigenvalue weighted by molar-refractivity contribution is 6.31. The monoisotopic (exact) mass is 512 g/mol. The molecule has 0 spiro atoms. The summed E-state index contributed by atoms with van der Waals surface area (Å²) in [6, 6.07) is 28.3. The second kappa shape index (κ2) is 10.4. The molecule has 0 bridgehead atoms. The molecule has 2 unspecified atom stereocenters. The van der Waals surface area contributed by atoms with Gasteiger partial charge >= 0.3 is 0 Å². The van der Waals surface area contributed by atoms with Crippen molar-refractivity contribution in [1.82, 2.24) is 0 Å². The number of anilines is 2. The second-order valence-corrected chi connectivity index (χ2v) is 9.09. The Morgan fingerprint density at radius 3 is 2.14 bits per heavy atom. The zero-order valence-electron chi connectivity index (χ0n) is 20.4. The summed E-state index contributed by atoms with van der Waals surface area (Å²) < 4.78 is 10.7. The highest BCUT2D eigenvalue weighted by atomic mass is 35.5. The van der Waals surface area contributed by atoms with Gasteiger partial charge in [-0.05, 0) is 71.8 Å². The highest BCUT2D eigenvalue weighted by Crippen LogP contribution is 2.46. The van der Waals surface area contributed by atoms with Crippen LogP contribution in [0.2, 0.25) is 5.02 Å². The van der Waals surface area contributed by atoms with Gasteiger partial charge in [-0.15, -0.1) is 0 Å².